The van der Waals surface area contributed by atoms with Gasteiger partial charge in [-0.25, -0.2) is 0 Å². The maximum Gasteiger partial charge on any atom is 0.126 e. The van der Waals surface area contributed by atoms with Gasteiger partial charge < -0.3 is 38.3 Å². The lowest BCUT2D eigenvalue weighted by Gasteiger charge is -2.56. The van der Waals surface area contributed by atoms with Crippen LogP contribution in [-0.2, 0) is 4.74 Å². The number of likely N-dealkylation sites (N-methyl/N-ethyl adjacent to an activating group) is 1. The van der Waals surface area contributed by atoms with Crippen LogP contribution in [0.4, 0.5) is 0 Å². The Hall–Kier alpha value is 0.610. The first kappa shape index (κ1) is 19.4. The van der Waals surface area contributed by atoms with Crippen molar-refractivity contribution in [1.29, 1.82) is 0 Å². The van der Waals surface area contributed by atoms with Crippen molar-refractivity contribution in [3.63, 3.8) is 0 Å². The van der Waals surface area contributed by atoms with E-state index in [9.17, 15) is 5.11 Å². The minimum absolute atomic E-state index is 0. The summed E-state index contributed by atoms with van der Waals surface area (Å²) in [6, 6.07) is 0. The molecule has 4 heteroatoms. The number of ether oxygens (including phenoxy) is 1. The van der Waals surface area contributed by atoms with E-state index in [0.29, 0.717) is 6.61 Å². The van der Waals surface area contributed by atoms with Gasteiger partial charge in [0.2, 0.25) is 0 Å². The quantitative estimate of drug-likeness (QED) is 0.485. The summed E-state index contributed by atoms with van der Waals surface area (Å²) in [6.45, 7) is 3.91. The van der Waals surface area contributed by atoms with Gasteiger partial charge in [-0.3, -0.25) is 0 Å². The van der Waals surface area contributed by atoms with E-state index in [1.54, 1.807) is 0 Å². The van der Waals surface area contributed by atoms with Crippen LogP contribution in [0.3, 0.4) is 0 Å². The average molecular weight is 449 g/mol. The first-order chi connectivity index (χ1) is 11.0. The van der Waals surface area contributed by atoms with E-state index in [2.05, 4.69) is 7.05 Å². The Morgan fingerprint density at radius 3 is 1.96 bits per heavy atom. The highest BCUT2D eigenvalue weighted by molar-refractivity contribution is 5.03. The first-order valence-corrected chi connectivity index (χ1v) is 10.2. The lowest BCUT2D eigenvalue weighted by Crippen LogP contribution is -3.00. The summed E-state index contributed by atoms with van der Waals surface area (Å²) in [5, 5.41) is 10.6. The number of likely N-dealkylation sites (tertiary alicyclic amines) is 1. The fourth-order valence-corrected chi connectivity index (χ4v) is 6.68. The Morgan fingerprint density at radius 1 is 0.958 bits per heavy atom. The maximum atomic E-state index is 10.6. The second kappa shape index (κ2) is 7.69. The molecule has 3 nitrogen and oxygen atoms in total. The number of hydrogen-bond donors (Lipinski definition) is 1. The Kier molecular flexibility index (Phi) is 6.21. The molecule has 5 fully saturated rings. The van der Waals surface area contributed by atoms with Crippen molar-refractivity contribution in [3.05, 3.63) is 0 Å². The number of halogens is 1. The van der Waals surface area contributed by atoms with E-state index in [1.807, 2.05) is 0 Å². The van der Waals surface area contributed by atoms with Gasteiger partial charge in [-0.15, -0.1) is 0 Å². The molecule has 0 aromatic carbocycles. The van der Waals surface area contributed by atoms with Crippen molar-refractivity contribution in [2.45, 2.75) is 75.9 Å². The predicted octanol–water partition coefficient (Wildman–Crippen LogP) is 0.357. The first-order valence-electron chi connectivity index (χ1n) is 10.2. The SMILES string of the molecule is C[N+]1(CC(O)COC23CC4CC(CC(C4)C2)C3)CCCCCC1.[I-]. The highest BCUT2D eigenvalue weighted by Gasteiger charge is 2.51. The Morgan fingerprint density at radius 2 is 1.46 bits per heavy atom. The molecule has 1 atom stereocenters. The highest BCUT2D eigenvalue weighted by atomic mass is 127. The topological polar surface area (TPSA) is 29.5 Å². The van der Waals surface area contributed by atoms with E-state index < -0.39 is 0 Å². The summed E-state index contributed by atoms with van der Waals surface area (Å²) in [6.07, 6.45) is 13.3. The molecule has 4 bridgehead atoms. The normalized spacial score (nSPS) is 41.5. The van der Waals surface area contributed by atoms with Crippen LogP contribution >= 0.6 is 0 Å². The molecular formula is C20H36INO2. The van der Waals surface area contributed by atoms with Crippen molar-refractivity contribution >= 4 is 0 Å². The van der Waals surface area contributed by atoms with Gasteiger partial charge in [-0.1, -0.05) is 0 Å². The zero-order chi connectivity index (χ0) is 15.9. The Balaban J connectivity index is 0.00000169. The molecule has 0 aromatic rings. The van der Waals surface area contributed by atoms with E-state index in [-0.39, 0.29) is 35.7 Å². The molecule has 0 spiro atoms. The smallest absolute Gasteiger partial charge is 0.126 e. The van der Waals surface area contributed by atoms with Crippen molar-refractivity contribution < 1.29 is 38.3 Å². The third-order valence-electron chi connectivity index (χ3n) is 7.36. The maximum absolute atomic E-state index is 10.6. The van der Waals surface area contributed by atoms with Crippen molar-refractivity contribution in [1.82, 2.24) is 0 Å². The van der Waals surface area contributed by atoms with E-state index >= 15 is 0 Å². The van der Waals surface area contributed by atoms with E-state index in [4.69, 9.17) is 4.74 Å². The molecule has 0 amide bonds. The summed E-state index contributed by atoms with van der Waals surface area (Å²) in [5.41, 5.74) is 0.146. The predicted molar refractivity (Wildman–Crippen MR) is 92.1 cm³/mol. The second-order valence-electron chi connectivity index (χ2n) is 9.73. The van der Waals surface area contributed by atoms with Crippen molar-refractivity contribution in [3.8, 4) is 0 Å². The molecule has 1 aliphatic heterocycles. The lowest BCUT2D eigenvalue weighted by molar-refractivity contribution is -0.911. The van der Waals surface area contributed by atoms with Crippen molar-refractivity contribution in [2.24, 2.45) is 17.8 Å². The van der Waals surface area contributed by atoms with Gasteiger partial charge in [-0.05, 0) is 82.0 Å². The van der Waals surface area contributed by atoms with Crippen LogP contribution in [-0.4, -0.2) is 54.6 Å². The number of hydrogen-bond acceptors (Lipinski definition) is 2. The Labute approximate surface area is 165 Å². The fraction of sp³-hybridized carbons (Fsp3) is 1.00. The molecule has 24 heavy (non-hydrogen) atoms. The summed E-state index contributed by atoms with van der Waals surface area (Å²) in [5.74, 6) is 2.77. The molecule has 1 heterocycles. The minimum Gasteiger partial charge on any atom is -1.00 e. The third kappa shape index (κ3) is 4.29. The van der Waals surface area contributed by atoms with E-state index in [0.717, 1.165) is 28.8 Å². The molecule has 4 saturated carbocycles. The molecule has 1 unspecified atom stereocenters. The average Bonchev–Trinajstić information content (AvgIpc) is 2.69. The van der Waals surface area contributed by atoms with Crippen molar-refractivity contribution in [2.75, 3.05) is 33.3 Å². The molecule has 0 radical (unpaired) electrons. The molecule has 1 N–H and O–H groups in total. The monoisotopic (exact) mass is 449 g/mol. The number of aliphatic hydroxyl groups excluding tert-OH is 1. The zero-order valence-corrected chi connectivity index (χ0v) is 17.5. The second-order valence-corrected chi connectivity index (χ2v) is 9.73. The van der Waals surface area contributed by atoms with Gasteiger partial charge in [-0.2, -0.15) is 0 Å². The molecule has 5 aliphatic rings. The summed E-state index contributed by atoms with van der Waals surface area (Å²) in [7, 11) is 2.33. The molecular weight excluding hydrogens is 413 g/mol. The molecule has 140 valence electrons. The lowest BCUT2D eigenvalue weighted by atomic mass is 9.54. The third-order valence-corrected chi connectivity index (χ3v) is 7.36. The summed E-state index contributed by atoms with van der Waals surface area (Å²) in [4.78, 5) is 0. The van der Waals surface area contributed by atoms with Gasteiger partial charge in [0.25, 0.3) is 0 Å². The van der Waals surface area contributed by atoms with Crippen LogP contribution in [0, 0.1) is 17.8 Å². The number of quaternary nitrogens is 1. The molecule has 5 rings (SSSR count). The molecule has 1 saturated heterocycles. The van der Waals surface area contributed by atoms with Gasteiger partial charge in [0.05, 0.1) is 32.3 Å². The van der Waals surface area contributed by atoms with Crippen LogP contribution in [0.2, 0.25) is 0 Å². The van der Waals surface area contributed by atoms with Crippen LogP contribution in [0.5, 0.6) is 0 Å². The highest BCUT2D eigenvalue weighted by Crippen LogP contribution is 2.57. The van der Waals surface area contributed by atoms with Crippen LogP contribution in [0.25, 0.3) is 0 Å². The summed E-state index contributed by atoms with van der Waals surface area (Å²) < 4.78 is 7.51. The molecule has 0 aromatic heterocycles. The number of aliphatic hydroxyl groups is 1. The van der Waals surface area contributed by atoms with Crippen LogP contribution in [0.15, 0.2) is 0 Å². The van der Waals surface area contributed by atoms with Gasteiger partial charge in [0, 0.05) is 0 Å². The standard InChI is InChI=1S/C20H36NO2.HI/c1-21(6-4-2-3-5-7-21)14-19(22)15-23-20-11-16-8-17(12-20)10-18(9-16)13-20;/h16-19,22H,2-15H2,1H3;1H/q+1;/p-1. The van der Waals surface area contributed by atoms with Gasteiger partial charge in [0.1, 0.15) is 12.6 Å². The van der Waals surface area contributed by atoms with Gasteiger partial charge in [0.15, 0.2) is 0 Å². The Bertz CT molecular complexity index is 385. The fourth-order valence-electron chi connectivity index (χ4n) is 6.68. The van der Waals surface area contributed by atoms with Crippen LogP contribution in [0.1, 0.15) is 64.2 Å². The largest absolute Gasteiger partial charge is 1.00 e. The minimum atomic E-state index is -0.286. The zero-order valence-electron chi connectivity index (χ0n) is 15.4. The van der Waals surface area contributed by atoms with Gasteiger partial charge >= 0.3 is 0 Å². The summed E-state index contributed by atoms with van der Waals surface area (Å²) >= 11 is 0. The van der Waals surface area contributed by atoms with E-state index in [1.165, 1.54) is 77.3 Å². The van der Waals surface area contributed by atoms with Crippen LogP contribution < -0.4 is 24.0 Å². The number of nitrogens with zero attached hydrogens (tertiary/aromatic N) is 1. The number of rotatable bonds is 5. The molecule has 4 aliphatic carbocycles.